The first kappa shape index (κ1) is 12.8. The molecule has 0 saturated heterocycles. The van der Waals surface area contributed by atoms with Gasteiger partial charge in [-0.1, -0.05) is 6.07 Å². The average molecular weight is 255 g/mol. The van der Waals surface area contributed by atoms with Gasteiger partial charge in [0.15, 0.2) is 5.78 Å². The maximum absolute atomic E-state index is 11.8. The van der Waals surface area contributed by atoms with E-state index in [4.69, 9.17) is 10.5 Å². The third-order valence-electron chi connectivity index (χ3n) is 3.00. The SMILES string of the molecule is CC(=O)C1=C(C)OC(N)=C(C#N)[C@@H]1c1cccnc1. The van der Waals surface area contributed by atoms with Crippen LogP contribution in [-0.2, 0) is 9.53 Å². The predicted molar refractivity (Wildman–Crippen MR) is 68.3 cm³/mol. The van der Waals surface area contributed by atoms with Gasteiger partial charge in [0.1, 0.15) is 17.4 Å². The molecule has 0 radical (unpaired) electrons. The minimum absolute atomic E-state index is 0.0406. The Morgan fingerprint density at radius 2 is 2.32 bits per heavy atom. The molecule has 96 valence electrons. The Labute approximate surface area is 111 Å². The number of nitrogens with two attached hydrogens (primary N) is 1. The van der Waals surface area contributed by atoms with E-state index in [1.54, 1.807) is 25.4 Å². The molecule has 0 aromatic carbocycles. The van der Waals surface area contributed by atoms with Crippen molar-refractivity contribution in [3.05, 3.63) is 52.9 Å². The van der Waals surface area contributed by atoms with Crippen LogP contribution in [0.1, 0.15) is 25.3 Å². The highest BCUT2D eigenvalue weighted by atomic mass is 16.5. The van der Waals surface area contributed by atoms with Crippen molar-refractivity contribution in [2.24, 2.45) is 5.73 Å². The molecule has 1 aromatic rings. The molecule has 2 heterocycles. The predicted octanol–water partition coefficient (Wildman–Crippen LogP) is 1.75. The topological polar surface area (TPSA) is 89.0 Å². The van der Waals surface area contributed by atoms with E-state index < -0.39 is 5.92 Å². The van der Waals surface area contributed by atoms with E-state index in [0.717, 1.165) is 5.56 Å². The molecule has 0 saturated carbocycles. The second-order valence-corrected chi connectivity index (χ2v) is 4.24. The number of carbonyl (C=O) groups excluding carboxylic acids is 1. The fraction of sp³-hybridized carbons (Fsp3) is 0.214. The van der Waals surface area contributed by atoms with Gasteiger partial charge in [0.2, 0.25) is 5.88 Å². The van der Waals surface area contributed by atoms with Gasteiger partial charge in [-0.15, -0.1) is 0 Å². The van der Waals surface area contributed by atoms with Crippen LogP contribution in [0.2, 0.25) is 0 Å². The number of ether oxygens (including phenoxy) is 1. The Morgan fingerprint density at radius 1 is 1.58 bits per heavy atom. The number of ketones is 1. The molecule has 0 spiro atoms. The number of aromatic nitrogens is 1. The van der Waals surface area contributed by atoms with Crippen LogP contribution in [0.25, 0.3) is 0 Å². The summed E-state index contributed by atoms with van der Waals surface area (Å²) in [6.45, 7) is 3.11. The molecule has 0 amide bonds. The summed E-state index contributed by atoms with van der Waals surface area (Å²) in [7, 11) is 0. The number of hydrogen-bond donors (Lipinski definition) is 1. The molecule has 5 nitrogen and oxygen atoms in total. The zero-order valence-corrected chi connectivity index (χ0v) is 10.7. The summed E-state index contributed by atoms with van der Waals surface area (Å²) < 4.78 is 5.29. The van der Waals surface area contributed by atoms with Crippen LogP contribution in [-0.4, -0.2) is 10.8 Å². The maximum atomic E-state index is 11.8. The zero-order chi connectivity index (χ0) is 14.0. The van der Waals surface area contributed by atoms with Crippen LogP contribution < -0.4 is 5.73 Å². The number of rotatable bonds is 2. The number of nitrogens with zero attached hydrogens (tertiary/aromatic N) is 2. The fourth-order valence-corrected chi connectivity index (χ4v) is 2.22. The van der Waals surface area contributed by atoms with E-state index in [1.807, 2.05) is 12.1 Å². The normalized spacial score (nSPS) is 18.9. The van der Waals surface area contributed by atoms with E-state index in [2.05, 4.69) is 4.98 Å². The average Bonchev–Trinajstić information content (AvgIpc) is 2.38. The summed E-state index contributed by atoms with van der Waals surface area (Å²) in [5.41, 5.74) is 7.17. The van der Waals surface area contributed by atoms with Crippen molar-refractivity contribution in [1.82, 2.24) is 4.98 Å². The Balaban J connectivity index is 2.65. The first-order valence-electron chi connectivity index (χ1n) is 5.75. The van der Waals surface area contributed by atoms with Crippen molar-refractivity contribution in [2.75, 3.05) is 0 Å². The lowest BCUT2D eigenvalue weighted by Crippen LogP contribution is -2.23. The van der Waals surface area contributed by atoms with Crippen LogP contribution in [0, 0.1) is 11.3 Å². The van der Waals surface area contributed by atoms with Gasteiger partial charge in [0, 0.05) is 18.0 Å². The molecule has 1 aliphatic rings. The quantitative estimate of drug-likeness (QED) is 0.869. The lowest BCUT2D eigenvalue weighted by Gasteiger charge is -2.26. The number of Topliss-reactive ketones (excluding diaryl/α,β-unsaturated/α-hetero) is 1. The number of hydrogen-bond acceptors (Lipinski definition) is 5. The second kappa shape index (κ2) is 4.94. The number of nitriles is 1. The molecule has 2 N–H and O–H groups in total. The Morgan fingerprint density at radius 3 is 2.84 bits per heavy atom. The van der Waals surface area contributed by atoms with E-state index in [0.29, 0.717) is 11.3 Å². The van der Waals surface area contributed by atoms with Gasteiger partial charge >= 0.3 is 0 Å². The summed E-state index contributed by atoms with van der Waals surface area (Å²) in [6.07, 6.45) is 3.25. The third kappa shape index (κ3) is 2.20. The molecule has 1 aromatic heterocycles. The lowest BCUT2D eigenvalue weighted by atomic mass is 9.82. The van der Waals surface area contributed by atoms with Crippen LogP contribution >= 0.6 is 0 Å². The van der Waals surface area contributed by atoms with Crippen LogP contribution in [0.4, 0.5) is 0 Å². The van der Waals surface area contributed by atoms with Gasteiger partial charge < -0.3 is 10.5 Å². The van der Waals surface area contributed by atoms with E-state index in [9.17, 15) is 10.1 Å². The molecule has 0 unspecified atom stereocenters. The molecule has 0 aliphatic carbocycles. The fourth-order valence-electron chi connectivity index (χ4n) is 2.22. The number of pyridine rings is 1. The molecule has 1 aliphatic heterocycles. The van der Waals surface area contributed by atoms with Crippen molar-refractivity contribution >= 4 is 5.78 Å². The Hall–Kier alpha value is -2.61. The highest BCUT2D eigenvalue weighted by Gasteiger charge is 2.33. The van der Waals surface area contributed by atoms with E-state index >= 15 is 0 Å². The van der Waals surface area contributed by atoms with Gasteiger partial charge in [-0.3, -0.25) is 9.78 Å². The molecular weight excluding hydrogens is 242 g/mol. The smallest absolute Gasteiger partial charge is 0.205 e. The molecule has 0 bridgehead atoms. The summed E-state index contributed by atoms with van der Waals surface area (Å²) in [4.78, 5) is 15.9. The van der Waals surface area contributed by atoms with Crippen molar-refractivity contribution in [3.63, 3.8) is 0 Å². The largest absolute Gasteiger partial charge is 0.445 e. The zero-order valence-electron chi connectivity index (χ0n) is 10.7. The number of allylic oxidation sites excluding steroid dienone is 3. The second-order valence-electron chi connectivity index (χ2n) is 4.24. The first-order chi connectivity index (χ1) is 9.06. The third-order valence-corrected chi connectivity index (χ3v) is 3.00. The van der Waals surface area contributed by atoms with Crippen molar-refractivity contribution < 1.29 is 9.53 Å². The van der Waals surface area contributed by atoms with Crippen molar-refractivity contribution in [3.8, 4) is 6.07 Å². The van der Waals surface area contributed by atoms with Gasteiger partial charge in [-0.2, -0.15) is 5.26 Å². The minimum atomic E-state index is -0.509. The Kier molecular flexibility index (Phi) is 3.34. The minimum Gasteiger partial charge on any atom is -0.445 e. The first-order valence-corrected chi connectivity index (χ1v) is 5.75. The number of carbonyl (C=O) groups is 1. The molecule has 2 rings (SSSR count). The van der Waals surface area contributed by atoms with Crippen LogP contribution in [0.5, 0.6) is 0 Å². The summed E-state index contributed by atoms with van der Waals surface area (Å²) >= 11 is 0. The lowest BCUT2D eigenvalue weighted by molar-refractivity contribution is -0.114. The summed E-state index contributed by atoms with van der Waals surface area (Å²) in [6, 6.07) is 5.59. The molecular formula is C14H13N3O2. The van der Waals surface area contributed by atoms with E-state index in [1.165, 1.54) is 6.92 Å². The maximum Gasteiger partial charge on any atom is 0.205 e. The monoisotopic (exact) mass is 255 g/mol. The van der Waals surface area contributed by atoms with Crippen LogP contribution in [0.15, 0.2) is 47.3 Å². The molecule has 1 atom stereocenters. The van der Waals surface area contributed by atoms with Gasteiger partial charge in [-0.25, -0.2) is 0 Å². The van der Waals surface area contributed by atoms with Gasteiger partial charge in [0.05, 0.1) is 5.92 Å². The Bertz CT molecular complexity index is 624. The van der Waals surface area contributed by atoms with E-state index in [-0.39, 0.29) is 17.2 Å². The standard InChI is InChI=1S/C14H13N3O2/c1-8(18)12-9(2)19-14(16)11(6-15)13(12)10-4-3-5-17-7-10/h3-5,7,13H,16H2,1-2H3/t13-/m0/s1. The molecule has 0 fully saturated rings. The highest BCUT2D eigenvalue weighted by Crippen LogP contribution is 2.38. The van der Waals surface area contributed by atoms with Gasteiger partial charge in [0.25, 0.3) is 0 Å². The summed E-state index contributed by atoms with van der Waals surface area (Å²) in [5, 5.41) is 9.26. The molecule has 19 heavy (non-hydrogen) atoms. The molecule has 5 heteroatoms. The summed E-state index contributed by atoms with van der Waals surface area (Å²) in [5.74, 6) is -0.187. The highest BCUT2D eigenvalue weighted by molar-refractivity contribution is 5.96. The van der Waals surface area contributed by atoms with Crippen LogP contribution in [0.3, 0.4) is 0 Å². The van der Waals surface area contributed by atoms with Gasteiger partial charge in [-0.05, 0) is 25.5 Å². The van der Waals surface area contributed by atoms with Crippen molar-refractivity contribution in [1.29, 1.82) is 5.26 Å². The van der Waals surface area contributed by atoms with Crippen molar-refractivity contribution in [2.45, 2.75) is 19.8 Å².